The van der Waals surface area contributed by atoms with Crippen molar-refractivity contribution in [2.45, 2.75) is 13.5 Å². The quantitative estimate of drug-likeness (QED) is 0.835. The van der Waals surface area contributed by atoms with Gasteiger partial charge in [-0.2, -0.15) is 0 Å². The number of rotatable bonds is 3. The molecular formula is C12H14ClNO3. The maximum atomic E-state index is 11.1. The van der Waals surface area contributed by atoms with Crippen molar-refractivity contribution in [1.82, 2.24) is 5.32 Å². The number of halogens is 1. The Morgan fingerprint density at radius 1 is 1.35 bits per heavy atom. The highest BCUT2D eigenvalue weighted by atomic mass is 35.5. The summed E-state index contributed by atoms with van der Waals surface area (Å²) in [7, 11) is 0. The lowest BCUT2D eigenvalue weighted by molar-refractivity contribution is -0.118. The van der Waals surface area contributed by atoms with Gasteiger partial charge in [-0.15, -0.1) is 11.6 Å². The van der Waals surface area contributed by atoms with E-state index in [0.29, 0.717) is 19.8 Å². The number of carbonyl (C=O) groups excluding carboxylic acids is 1. The Morgan fingerprint density at radius 2 is 2.00 bits per heavy atom. The Labute approximate surface area is 105 Å². The monoisotopic (exact) mass is 255 g/mol. The fourth-order valence-corrected chi connectivity index (χ4v) is 1.76. The Hall–Kier alpha value is -1.42. The van der Waals surface area contributed by atoms with E-state index in [1.54, 1.807) is 0 Å². The minimum absolute atomic E-state index is 0.0242. The van der Waals surface area contributed by atoms with Gasteiger partial charge in [0.05, 0.1) is 0 Å². The number of benzene rings is 1. The van der Waals surface area contributed by atoms with Gasteiger partial charge in [0.1, 0.15) is 19.1 Å². The molecule has 1 amide bonds. The molecule has 17 heavy (non-hydrogen) atoms. The second-order valence-electron chi connectivity index (χ2n) is 3.83. The number of nitrogens with one attached hydrogen (secondary N) is 1. The summed E-state index contributed by atoms with van der Waals surface area (Å²) in [4.78, 5) is 11.1. The Bertz CT molecular complexity index is 434. The van der Waals surface area contributed by atoms with Crippen LogP contribution in [-0.2, 0) is 11.3 Å². The van der Waals surface area contributed by atoms with Crippen molar-refractivity contribution in [3.63, 3.8) is 0 Å². The zero-order valence-electron chi connectivity index (χ0n) is 9.59. The van der Waals surface area contributed by atoms with Crippen molar-refractivity contribution in [3.8, 4) is 11.5 Å². The molecule has 92 valence electrons. The molecule has 0 saturated heterocycles. The molecule has 1 aromatic rings. The van der Waals surface area contributed by atoms with Gasteiger partial charge in [0.25, 0.3) is 0 Å². The topological polar surface area (TPSA) is 47.6 Å². The first-order chi connectivity index (χ1) is 8.20. The molecule has 5 heteroatoms. The molecule has 0 bridgehead atoms. The van der Waals surface area contributed by atoms with Gasteiger partial charge in [-0.05, 0) is 30.2 Å². The van der Waals surface area contributed by atoms with Crippen molar-refractivity contribution in [1.29, 1.82) is 0 Å². The molecule has 0 atom stereocenters. The van der Waals surface area contributed by atoms with Gasteiger partial charge >= 0.3 is 0 Å². The van der Waals surface area contributed by atoms with Crippen LogP contribution in [0, 0.1) is 6.92 Å². The first kappa shape index (κ1) is 12.0. The Balaban J connectivity index is 2.14. The summed E-state index contributed by atoms with van der Waals surface area (Å²) in [6.45, 7) is 3.56. The fraction of sp³-hybridized carbons (Fsp3) is 0.417. The average Bonchev–Trinajstić information content (AvgIpc) is 2.35. The van der Waals surface area contributed by atoms with Crippen LogP contribution < -0.4 is 14.8 Å². The van der Waals surface area contributed by atoms with Crippen LogP contribution in [0.4, 0.5) is 0 Å². The fourth-order valence-electron chi connectivity index (χ4n) is 1.66. The third-order valence-electron chi connectivity index (χ3n) is 2.60. The summed E-state index contributed by atoms with van der Waals surface area (Å²) in [6, 6.07) is 3.83. The molecular weight excluding hydrogens is 242 g/mol. The third-order valence-corrected chi connectivity index (χ3v) is 2.84. The first-order valence-electron chi connectivity index (χ1n) is 5.42. The van der Waals surface area contributed by atoms with Crippen LogP contribution in [-0.4, -0.2) is 25.0 Å². The van der Waals surface area contributed by atoms with E-state index in [4.69, 9.17) is 21.1 Å². The molecule has 1 aromatic carbocycles. The molecule has 1 aliphatic heterocycles. The van der Waals surface area contributed by atoms with E-state index in [9.17, 15) is 4.79 Å². The van der Waals surface area contributed by atoms with Crippen molar-refractivity contribution >= 4 is 17.5 Å². The Morgan fingerprint density at radius 3 is 2.65 bits per heavy atom. The average molecular weight is 256 g/mol. The van der Waals surface area contributed by atoms with Crippen LogP contribution in [0.2, 0.25) is 0 Å². The largest absolute Gasteiger partial charge is 0.486 e. The summed E-state index contributed by atoms with van der Waals surface area (Å²) in [5.41, 5.74) is 2.07. The van der Waals surface area contributed by atoms with Gasteiger partial charge in [0.15, 0.2) is 11.5 Å². The van der Waals surface area contributed by atoms with E-state index >= 15 is 0 Å². The van der Waals surface area contributed by atoms with Crippen molar-refractivity contribution in [2.75, 3.05) is 19.1 Å². The molecule has 2 rings (SSSR count). The van der Waals surface area contributed by atoms with E-state index in [2.05, 4.69) is 5.32 Å². The smallest absolute Gasteiger partial charge is 0.235 e. The predicted octanol–water partition coefficient (Wildman–Crippen LogP) is 1.62. The normalized spacial score (nSPS) is 13.3. The molecule has 0 fully saturated rings. The highest BCUT2D eigenvalue weighted by Crippen LogP contribution is 2.32. The van der Waals surface area contributed by atoms with Crippen LogP contribution in [0.1, 0.15) is 11.1 Å². The molecule has 0 saturated carbocycles. The van der Waals surface area contributed by atoms with E-state index in [1.165, 1.54) is 0 Å². The van der Waals surface area contributed by atoms with Crippen LogP contribution >= 0.6 is 11.6 Å². The first-order valence-corrected chi connectivity index (χ1v) is 5.96. The number of fused-ring (bicyclic) bond motifs is 1. The van der Waals surface area contributed by atoms with Crippen molar-refractivity contribution < 1.29 is 14.3 Å². The molecule has 0 radical (unpaired) electrons. The van der Waals surface area contributed by atoms with Crippen molar-refractivity contribution in [2.24, 2.45) is 0 Å². The zero-order valence-corrected chi connectivity index (χ0v) is 10.3. The summed E-state index contributed by atoms with van der Waals surface area (Å²) in [5.74, 6) is 1.29. The van der Waals surface area contributed by atoms with Gasteiger partial charge in [0, 0.05) is 6.54 Å². The SMILES string of the molecule is Cc1cc2c(cc1CNC(=O)CCl)OCCO2. The van der Waals surface area contributed by atoms with Crippen molar-refractivity contribution in [3.05, 3.63) is 23.3 Å². The highest BCUT2D eigenvalue weighted by Gasteiger charge is 2.14. The van der Waals surface area contributed by atoms with E-state index in [-0.39, 0.29) is 11.8 Å². The molecule has 0 spiro atoms. The lowest BCUT2D eigenvalue weighted by Crippen LogP contribution is -2.24. The van der Waals surface area contributed by atoms with Gasteiger partial charge in [-0.1, -0.05) is 0 Å². The summed E-state index contributed by atoms with van der Waals surface area (Å²) in [5, 5.41) is 2.73. The summed E-state index contributed by atoms with van der Waals surface area (Å²) >= 11 is 5.42. The van der Waals surface area contributed by atoms with Crippen LogP contribution in [0.3, 0.4) is 0 Å². The number of carbonyl (C=O) groups is 1. The third kappa shape index (κ3) is 2.82. The molecule has 0 unspecified atom stereocenters. The predicted molar refractivity (Wildman–Crippen MR) is 64.7 cm³/mol. The minimum Gasteiger partial charge on any atom is -0.486 e. The van der Waals surface area contributed by atoms with Crippen LogP contribution in [0.25, 0.3) is 0 Å². The summed E-state index contributed by atoms with van der Waals surface area (Å²) in [6.07, 6.45) is 0. The molecule has 1 heterocycles. The number of amides is 1. The van der Waals surface area contributed by atoms with E-state index in [1.807, 2.05) is 19.1 Å². The Kier molecular flexibility index (Phi) is 3.74. The number of ether oxygens (including phenoxy) is 2. The van der Waals surface area contributed by atoms with Gasteiger partial charge < -0.3 is 14.8 Å². The van der Waals surface area contributed by atoms with Crippen LogP contribution in [0.15, 0.2) is 12.1 Å². The number of hydrogen-bond acceptors (Lipinski definition) is 3. The standard InChI is InChI=1S/C12H14ClNO3/c1-8-4-10-11(17-3-2-16-10)5-9(8)7-14-12(15)6-13/h4-5H,2-3,6-7H2,1H3,(H,14,15). The lowest BCUT2D eigenvalue weighted by Gasteiger charge is -2.20. The van der Waals surface area contributed by atoms with Gasteiger partial charge in [-0.25, -0.2) is 0 Å². The summed E-state index contributed by atoms with van der Waals surface area (Å²) < 4.78 is 11.0. The molecule has 0 aliphatic carbocycles. The molecule has 1 N–H and O–H groups in total. The van der Waals surface area contributed by atoms with Gasteiger partial charge in [0.2, 0.25) is 5.91 Å². The number of aryl methyl sites for hydroxylation is 1. The van der Waals surface area contributed by atoms with Crippen LogP contribution in [0.5, 0.6) is 11.5 Å². The maximum Gasteiger partial charge on any atom is 0.235 e. The lowest BCUT2D eigenvalue weighted by atomic mass is 10.1. The maximum absolute atomic E-state index is 11.1. The molecule has 4 nitrogen and oxygen atoms in total. The molecule has 0 aromatic heterocycles. The van der Waals surface area contributed by atoms with E-state index < -0.39 is 0 Å². The second-order valence-corrected chi connectivity index (χ2v) is 4.10. The number of hydrogen-bond donors (Lipinski definition) is 1. The molecule has 1 aliphatic rings. The minimum atomic E-state index is -0.180. The highest BCUT2D eigenvalue weighted by molar-refractivity contribution is 6.27. The van der Waals surface area contributed by atoms with E-state index in [0.717, 1.165) is 22.6 Å². The zero-order chi connectivity index (χ0) is 12.3. The van der Waals surface area contributed by atoms with Gasteiger partial charge in [-0.3, -0.25) is 4.79 Å². The number of alkyl halides is 1. The second kappa shape index (κ2) is 5.27.